The van der Waals surface area contributed by atoms with Gasteiger partial charge in [-0.15, -0.1) is 0 Å². The molecule has 5 aliphatic heterocycles. The van der Waals surface area contributed by atoms with Gasteiger partial charge in [0.05, 0.1) is 17.6 Å². The van der Waals surface area contributed by atoms with E-state index in [1.807, 2.05) is 11.0 Å². The number of halogens is 2. The molecule has 3 aromatic rings. The Morgan fingerprint density at radius 1 is 0.955 bits per heavy atom. The van der Waals surface area contributed by atoms with Gasteiger partial charge in [0.15, 0.2) is 0 Å². The molecule has 1 unspecified atom stereocenters. The van der Waals surface area contributed by atoms with Crippen molar-refractivity contribution in [2.45, 2.75) is 102 Å². The minimum atomic E-state index is -2.74. The van der Waals surface area contributed by atoms with Gasteiger partial charge in [-0.05, 0) is 137 Å². The lowest BCUT2D eigenvalue weighted by atomic mass is 9.90. The molecular weight excluding hydrogens is 857 g/mol. The van der Waals surface area contributed by atoms with E-state index < -0.39 is 18.4 Å². The van der Waals surface area contributed by atoms with Crippen LogP contribution in [0.15, 0.2) is 57.6 Å². The molecule has 5 aliphatic rings. The molecule has 3 saturated heterocycles. The zero-order valence-electron chi connectivity index (χ0n) is 39.3. The first-order chi connectivity index (χ1) is 32.3. The molecule has 3 fully saturated rings. The first-order valence-electron chi connectivity index (χ1n) is 24.2. The summed E-state index contributed by atoms with van der Waals surface area (Å²) in [5, 5.41) is 15.7. The Balaban J connectivity index is 0.807. The second kappa shape index (κ2) is 21.1. The number of hydrogen-bond donors (Lipinski definition) is 4. The number of rotatable bonds is 14. The summed E-state index contributed by atoms with van der Waals surface area (Å²) in [4.78, 5) is 62.9. The average Bonchev–Trinajstić information content (AvgIpc) is 3.57. The second-order valence-corrected chi connectivity index (χ2v) is 19.1. The molecule has 67 heavy (non-hydrogen) atoms. The number of nitrogens with one attached hydrogen (secondary N) is 3. The Hall–Kier alpha value is -5.68. The number of aryl methyl sites for hydroxylation is 3. The maximum atomic E-state index is 14.6. The van der Waals surface area contributed by atoms with Crippen LogP contribution in [0.5, 0.6) is 0 Å². The molecule has 0 radical (unpaired) electrons. The number of nitrogens with two attached hydrogens (primary N) is 1. The number of allylic oxidation sites excluding steroid dienone is 1. The third-order valence-electron chi connectivity index (χ3n) is 14.8. The van der Waals surface area contributed by atoms with Crippen LogP contribution in [-0.4, -0.2) is 126 Å². The topological polar surface area (TPSA) is 177 Å². The van der Waals surface area contributed by atoms with Crippen LogP contribution in [0, 0.1) is 11.3 Å². The summed E-state index contributed by atoms with van der Waals surface area (Å²) >= 11 is 0. The highest BCUT2D eigenvalue weighted by molar-refractivity contribution is 6.12. The fourth-order valence-electron chi connectivity index (χ4n) is 11.0. The van der Waals surface area contributed by atoms with Gasteiger partial charge in [0.2, 0.25) is 17.7 Å². The van der Waals surface area contributed by atoms with E-state index in [0.29, 0.717) is 61.6 Å². The first kappa shape index (κ1) is 47.8. The highest BCUT2D eigenvalue weighted by Crippen LogP contribution is 2.38. The fourth-order valence-corrected chi connectivity index (χ4v) is 11.0. The normalized spacial score (nSPS) is 20.9. The van der Waals surface area contributed by atoms with E-state index in [0.717, 1.165) is 106 Å². The third kappa shape index (κ3) is 10.6. The van der Waals surface area contributed by atoms with Gasteiger partial charge < -0.3 is 30.7 Å². The van der Waals surface area contributed by atoms with Crippen LogP contribution in [0.25, 0.3) is 16.6 Å². The monoisotopic (exact) mass is 924 g/mol. The van der Waals surface area contributed by atoms with Crippen LogP contribution in [0.1, 0.15) is 106 Å². The summed E-state index contributed by atoms with van der Waals surface area (Å²) in [7, 11) is 3.32. The van der Waals surface area contributed by atoms with E-state index >= 15 is 0 Å². The van der Waals surface area contributed by atoms with Gasteiger partial charge in [0.1, 0.15) is 11.9 Å². The molecule has 0 aliphatic carbocycles. The number of imide groups is 1. The lowest BCUT2D eigenvalue weighted by molar-refractivity contribution is -0.135. The molecule has 0 saturated carbocycles. The summed E-state index contributed by atoms with van der Waals surface area (Å²) in [6.07, 6.45) is 10.1. The number of aromatic nitrogens is 2. The number of likely N-dealkylation sites (tertiary alicyclic amines) is 2. The molecule has 1 aromatic heterocycles. The number of aliphatic imine (C=N–C) groups is 1. The number of nitrogens with zero attached hydrogens (tertiary/aromatic N) is 7. The van der Waals surface area contributed by atoms with Gasteiger partial charge in [0, 0.05) is 107 Å². The lowest BCUT2D eigenvalue weighted by Gasteiger charge is -2.39. The summed E-state index contributed by atoms with van der Waals surface area (Å²) < 4.78 is 32.3. The van der Waals surface area contributed by atoms with Crippen molar-refractivity contribution in [3.8, 4) is 0 Å². The highest BCUT2D eigenvalue weighted by atomic mass is 19.3. The number of benzene rings is 2. The highest BCUT2D eigenvalue weighted by Gasteiger charge is 2.34. The predicted octanol–water partition coefficient (Wildman–Crippen LogP) is 5.28. The zero-order chi connectivity index (χ0) is 47.4. The van der Waals surface area contributed by atoms with Crippen LogP contribution in [0.3, 0.4) is 0 Å². The van der Waals surface area contributed by atoms with Crippen molar-refractivity contribution < 1.29 is 23.2 Å². The number of fused-ring (bicyclic) bond motifs is 2. The van der Waals surface area contributed by atoms with Crippen molar-refractivity contribution in [2.24, 2.45) is 23.7 Å². The number of alkyl halides is 2. The van der Waals surface area contributed by atoms with E-state index in [1.165, 1.54) is 41.5 Å². The van der Waals surface area contributed by atoms with Crippen LogP contribution >= 0.6 is 0 Å². The minimum absolute atomic E-state index is 0.0483. The van der Waals surface area contributed by atoms with E-state index in [4.69, 9.17) is 5.73 Å². The summed E-state index contributed by atoms with van der Waals surface area (Å²) in [6, 6.07) is 8.95. The Bertz CT molecular complexity index is 2510. The summed E-state index contributed by atoms with van der Waals surface area (Å²) in [5.74, 6) is 0.139. The van der Waals surface area contributed by atoms with Gasteiger partial charge in [-0.3, -0.25) is 39.2 Å². The zero-order valence-corrected chi connectivity index (χ0v) is 39.3. The van der Waals surface area contributed by atoms with Crippen molar-refractivity contribution >= 4 is 52.1 Å². The lowest BCUT2D eigenvalue weighted by Crippen LogP contribution is -2.48. The number of imidazole rings is 1. The van der Waals surface area contributed by atoms with Crippen molar-refractivity contribution in [3.05, 3.63) is 80.5 Å². The number of carbonyl (C=O) groups is 3. The largest absolute Gasteiger partial charge is 0.404 e. The van der Waals surface area contributed by atoms with Gasteiger partial charge in [0.25, 0.3) is 6.43 Å². The molecule has 5 N–H and O–H groups in total. The Kier molecular flexibility index (Phi) is 15.0. The number of hydrogen-bond acceptors (Lipinski definition) is 10. The second-order valence-electron chi connectivity index (χ2n) is 19.1. The summed E-state index contributed by atoms with van der Waals surface area (Å²) in [5.41, 5.74) is 12.2. The molecule has 1 atom stereocenters. The number of piperidine rings is 3. The summed E-state index contributed by atoms with van der Waals surface area (Å²) in [6.45, 7) is 9.26. The molecule has 15 nitrogen and oxygen atoms in total. The molecule has 2 aromatic carbocycles. The molecule has 0 spiro atoms. The maximum absolute atomic E-state index is 14.6. The number of amides is 3. The quantitative estimate of drug-likeness (QED) is 0.0953. The molecule has 6 heterocycles. The predicted molar refractivity (Wildman–Crippen MR) is 259 cm³/mol. The number of anilines is 1. The number of amidine groups is 1. The molecule has 17 heteroatoms. The molecule has 0 bridgehead atoms. The smallest absolute Gasteiger partial charge is 0.329 e. The van der Waals surface area contributed by atoms with Crippen LogP contribution in [0.2, 0.25) is 0 Å². The van der Waals surface area contributed by atoms with Crippen LogP contribution < -0.4 is 27.0 Å². The van der Waals surface area contributed by atoms with Crippen molar-refractivity contribution in [1.82, 2.24) is 34.5 Å². The van der Waals surface area contributed by atoms with Gasteiger partial charge in [-0.2, -0.15) is 0 Å². The van der Waals surface area contributed by atoms with E-state index in [1.54, 1.807) is 36.6 Å². The fraction of sp³-hybridized carbons (Fsp3) is 0.560. The van der Waals surface area contributed by atoms with Crippen molar-refractivity contribution in [2.75, 3.05) is 70.9 Å². The van der Waals surface area contributed by atoms with Crippen molar-refractivity contribution in [1.29, 1.82) is 5.41 Å². The van der Waals surface area contributed by atoms with E-state index in [-0.39, 0.29) is 41.4 Å². The Morgan fingerprint density at radius 2 is 1.69 bits per heavy atom. The average molecular weight is 924 g/mol. The van der Waals surface area contributed by atoms with E-state index in [9.17, 15) is 33.4 Å². The van der Waals surface area contributed by atoms with Crippen LogP contribution in [0.4, 0.5) is 14.5 Å². The number of carbonyl (C=O) groups excluding carboxylic acids is 3. The maximum Gasteiger partial charge on any atom is 0.329 e. The van der Waals surface area contributed by atoms with Crippen LogP contribution in [-0.2, 0) is 34.3 Å². The first-order valence-corrected chi connectivity index (χ1v) is 24.2. The van der Waals surface area contributed by atoms with Gasteiger partial charge in [-0.25, -0.2) is 13.6 Å². The minimum Gasteiger partial charge on any atom is -0.404 e. The standard InChI is InChI=1S/C50H67F2N11O4/c1-32(64)61-25-17-41(40(31-61)48(54)62-20-4-6-35-27-38(36(29-53)30-55-2)39(47(51)52)28-44(35)62)56-37-15-23-60(24-16-37)19-5-18-59-21-13-33(14-22-59)7-8-34-9-10-42-45(26-34)58(3)50(67)63(42)43-11-12-46(65)57-49(43)66/h9-10,26-30,33,37,43,47,54,56H,4-8,11-25,31,53H2,1-3H3,(H,57,65,66). The van der Waals surface area contributed by atoms with Gasteiger partial charge >= 0.3 is 5.69 Å². The Morgan fingerprint density at radius 3 is 2.36 bits per heavy atom. The molecular formula is C50H67F2N11O4. The molecule has 3 amide bonds. The molecule has 8 rings (SSSR count). The van der Waals surface area contributed by atoms with E-state index in [2.05, 4.69) is 37.6 Å². The van der Waals surface area contributed by atoms with Crippen molar-refractivity contribution in [3.63, 3.8) is 0 Å². The SMILES string of the molecule is CN=CC(=CN)c1cc2c(cc1C(F)F)N(C(=N)C1=C(NC3CCN(CCCN4CCC(CCc5ccc6c(c5)n(C)c(=O)n6C5CCC(=O)NC5=O)CC4)CC3)CCN(C(C)=O)C1)CCC2. The molecule has 360 valence electrons. The van der Waals surface area contributed by atoms with Gasteiger partial charge in [-0.1, -0.05) is 6.07 Å². The Labute approximate surface area is 391 Å². The third-order valence-corrected chi connectivity index (χ3v) is 14.8.